The van der Waals surface area contributed by atoms with Crippen LogP contribution in [-0.4, -0.2) is 52.6 Å². The third kappa shape index (κ3) is 4.11. The second-order valence-corrected chi connectivity index (χ2v) is 6.28. The van der Waals surface area contributed by atoms with Gasteiger partial charge in [0.05, 0.1) is 5.69 Å². The van der Waals surface area contributed by atoms with Crippen LogP contribution in [-0.2, 0) is 9.53 Å². The molecule has 1 saturated heterocycles. The maximum absolute atomic E-state index is 12.0. The summed E-state index contributed by atoms with van der Waals surface area (Å²) >= 11 is 0. The van der Waals surface area contributed by atoms with Crippen LogP contribution in [0.5, 0.6) is 0 Å². The number of amides is 1. The summed E-state index contributed by atoms with van der Waals surface area (Å²) in [6.07, 6.45) is 2.65. The zero-order valence-corrected chi connectivity index (χ0v) is 14.8. The average molecular weight is 341 g/mol. The van der Waals surface area contributed by atoms with E-state index in [0.717, 1.165) is 35.9 Å². The Balaban J connectivity index is 1.76. The summed E-state index contributed by atoms with van der Waals surface area (Å²) in [5, 5.41) is 3.27. The number of carbonyl (C=O) groups excluding carboxylic acids is 1. The highest BCUT2D eigenvalue weighted by molar-refractivity contribution is 5.77. The normalized spacial score (nSPS) is 16.9. The molecule has 2 aromatic rings. The summed E-state index contributed by atoms with van der Waals surface area (Å²) in [7, 11) is 1.54. The van der Waals surface area contributed by atoms with Gasteiger partial charge in [-0.25, -0.2) is 15.0 Å². The monoisotopic (exact) mass is 341 g/mol. The third-order valence-corrected chi connectivity index (χ3v) is 4.34. The molecule has 0 aromatic carbocycles. The third-order valence-electron chi connectivity index (χ3n) is 4.34. The summed E-state index contributed by atoms with van der Waals surface area (Å²) in [5.74, 6) is 2.46. The highest BCUT2D eigenvalue weighted by atomic mass is 16.5. The zero-order chi connectivity index (χ0) is 17.8. The number of hydrogen-bond acceptors (Lipinski definition) is 6. The first-order valence-electron chi connectivity index (χ1n) is 8.37. The number of methoxy groups -OCH3 is 1. The van der Waals surface area contributed by atoms with Crippen molar-refractivity contribution in [2.75, 3.05) is 32.1 Å². The smallest absolute Gasteiger partial charge is 0.248 e. The van der Waals surface area contributed by atoms with E-state index in [0.29, 0.717) is 12.4 Å². The molecule has 3 rings (SSSR count). The number of rotatable bonds is 5. The molecule has 0 saturated carbocycles. The Morgan fingerprint density at radius 3 is 3.00 bits per heavy atom. The van der Waals surface area contributed by atoms with Crippen molar-refractivity contribution >= 4 is 17.5 Å². The van der Waals surface area contributed by atoms with Gasteiger partial charge in [-0.2, -0.15) is 0 Å². The predicted octanol–water partition coefficient (Wildman–Crippen LogP) is 2.19. The molecule has 1 atom stereocenters. The van der Waals surface area contributed by atoms with Gasteiger partial charge in [-0.05, 0) is 31.9 Å². The molecule has 2 aromatic heterocycles. The average Bonchev–Trinajstić information content (AvgIpc) is 3.07. The Morgan fingerprint density at radius 2 is 2.24 bits per heavy atom. The van der Waals surface area contributed by atoms with Crippen LogP contribution in [0.3, 0.4) is 0 Å². The van der Waals surface area contributed by atoms with Crippen molar-refractivity contribution in [3.05, 3.63) is 41.5 Å². The van der Waals surface area contributed by atoms with Crippen molar-refractivity contribution in [1.82, 2.24) is 19.9 Å². The van der Waals surface area contributed by atoms with Crippen LogP contribution in [0.15, 0.2) is 24.4 Å². The van der Waals surface area contributed by atoms with E-state index >= 15 is 0 Å². The summed E-state index contributed by atoms with van der Waals surface area (Å²) in [6.45, 7) is 5.41. The van der Waals surface area contributed by atoms with Gasteiger partial charge >= 0.3 is 0 Å². The van der Waals surface area contributed by atoms with Crippen LogP contribution in [0, 0.1) is 13.8 Å². The van der Waals surface area contributed by atoms with E-state index in [-0.39, 0.29) is 18.4 Å². The number of aromatic nitrogens is 3. The summed E-state index contributed by atoms with van der Waals surface area (Å²) < 4.78 is 4.94. The minimum Gasteiger partial charge on any atom is -0.375 e. The molecule has 0 aliphatic carbocycles. The Labute approximate surface area is 147 Å². The van der Waals surface area contributed by atoms with E-state index in [1.54, 1.807) is 6.20 Å². The van der Waals surface area contributed by atoms with Gasteiger partial charge in [-0.1, -0.05) is 6.07 Å². The molecule has 0 spiro atoms. The molecule has 0 radical (unpaired) electrons. The Kier molecular flexibility index (Phi) is 5.23. The number of likely N-dealkylation sites (tertiary alicyclic amines) is 1. The minimum atomic E-state index is 0.0261. The molecular weight excluding hydrogens is 318 g/mol. The molecule has 1 amide bonds. The zero-order valence-electron chi connectivity index (χ0n) is 14.8. The first-order chi connectivity index (χ1) is 12.1. The van der Waals surface area contributed by atoms with Crippen LogP contribution in [0.2, 0.25) is 0 Å². The quantitative estimate of drug-likeness (QED) is 0.898. The number of nitrogens with zero attached hydrogens (tertiary/aromatic N) is 4. The molecule has 7 nitrogen and oxygen atoms in total. The second-order valence-electron chi connectivity index (χ2n) is 6.28. The van der Waals surface area contributed by atoms with Crippen molar-refractivity contribution in [2.24, 2.45) is 0 Å². The topological polar surface area (TPSA) is 80.2 Å². The molecule has 132 valence electrons. The summed E-state index contributed by atoms with van der Waals surface area (Å²) in [4.78, 5) is 27.2. The number of carbonyl (C=O) groups is 1. The van der Waals surface area contributed by atoms with Crippen molar-refractivity contribution < 1.29 is 9.53 Å². The number of hydrogen-bond donors (Lipinski definition) is 1. The van der Waals surface area contributed by atoms with Crippen LogP contribution in [0.25, 0.3) is 0 Å². The van der Waals surface area contributed by atoms with Gasteiger partial charge in [-0.3, -0.25) is 4.79 Å². The van der Waals surface area contributed by atoms with E-state index in [9.17, 15) is 4.79 Å². The van der Waals surface area contributed by atoms with E-state index in [1.165, 1.54) is 7.11 Å². The number of anilines is 2. The molecule has 7 heteroatoms. The van der Waals surface area contributed by atoms with Crippen LogP contribution in [0.4, 0.5) is 11.6 Å². The first kappa shape index (κ1) is 17.3. The first-order valence-corrected chi connectivity index (χ1v) is 8.37. The molecule has 0 bridgehead atoms. The van der Waals surface area contributed by atoms with Crippen molar-refractivity contribution in [2.45, 2.75) is 26.2 Å². The summed E-state index contributed by atoms with van der Waals surface area (Å²) in [5.41, 5.74) is 2.01. The van der Waals surface area contributed by atoms with Crippen LogP contribution in [0.1, 0.15) is 29.4 Å². The summed E-state index contributed by atoms with van der Waals surface area (Å²) in [6, 6.07) is 5.86. The van der Waals surface area contributed by atoms with Gasteiger partial charge < -0.3 is 15.0 Å². The Morgan fingerprint density at radius 1 is 1.40 bits per heavy atom. The maximum atomic E-state index is 12.0. The molecule has 1 aliphatic rings. The lowest BCUT2D eigenvalue weighted by molar-refractivity contribution is -0.134. The van der Waals surface area contributed by atoms with Gasteiger partial charge in [0, 0.05) is 38.4 Å². The van der Waals surface area contributed by atoms with Gasteiger partial charge in [0.25, 0.3) is 0 Å². The van der Waals surface area contributed by atoms with E-state index < -0.39 is 0 Å². The van der Waals surface area contributed by atoms with Gasteiger partial charge in [0.2, 0.25) is 5.91 Å². The lowest BCUT2D eigenvalue weighted by atomic mass is 10.0. The lowest BCUT2D eigenvalue weighted by Gasteiger charge is -2.16. The van der Waals surface area contributed by atoms with Crippen LogP contribution < -0.4 is 5.32 Å². The number of pyridine rings is 1. The van der Waals surface area contributed by atoms with E-state index in [4.69, 9.17) is 4.74 Å². The fourth-order valence-corrected chi connectivity index (χ4v) is 3.04. The van der Waals surface area contributed by atoms with Gasteiger partial charge in [0.1, 0.15) is 24.1 Å². The SMILES string of the molecule is COCC(=O)N1CCC(c2cc(Nc3ncccc3C)nc(C)n2)C1. The van der Waals surface area contributed by atoms with Crippen LogP contribution >= 0.6 is 0 Å². The highest BCUT2D eigenvalue weighted by Gasteiger charge is 2.28. The van der Waals surface area contributed by atoms with Crippen molar-refractivity contribution in [3.63, 3.8) is 0 Å². The fourth-order valence-electron chi connectivity index (χ4n) is 3.04. The number of aryl methyl sites for hydroxylation is 2. The lowest BCUT2D eigenvalue weighted by Crippen LogP contribution is -2.31. The van der Waals surface area contributed by atoms with Gasteiger partial charge in [-0.15, -0.1) is 0 Å². The molecule has 1 aliphatic heterocycles. The van der Waals surface area contributed by atoms with Crippen molar-refractivity contribution in [3.8, 4) is 0 Å². The Hall–Kier alpha value is -2.54. The fraction of sp³-hybridized carbons (Fsp3) is 0.444. The molecule has 25 heavy (non-hydrogen) atoms. The molecule has 1 unspecified atom stereocenters. The largest absolute Gasteiger partial charge is 0.375 e. The predicted molar refractivity (Wildman–Crippen MR) is 94.8 cm³/mol. The highest BCUT2D eigenvalue weighted by Crippen LogP contribution is 2.28. The minimum absolute atomic E-state index is 0.0261. The molecule has 1 fully saturated rings. The van der Waals surface area contributed by atoms with Gasteiger partial charge in [0.15, 0.2) is 0 Å². The second kappa shape index (κ2) is 7.57. The Bertz CT molecular complexity index is 765. The standard InChI is InChI=1S/C18H23N5O2/c1-12-5-4-7-19-18(12)22-16-9-15(20-13(2)21-16)14-6-8-23(10-14)17(24)11-25-3/h4-5,7,9,14H,6,8,10-11H2,1-3H3,(H,19,20,21,22). The van der Waals surface area contributed by atoms with Crippen molar-refractivity contribution in [1.29, 1.82) is 0 Å². The number of ether oxygens (including phenoxy) is 1. The maximum Gasteiger partial charge on any atom is 0.248 e. The van der Waals surface area contributed by atoms with E-state index in [1.807, 2.05) is 36.9 Å². The number of nitrogens with one attached hydrogen (secondary N) is 1. The molecule has 3 heterocycles. The van der Waals surface area contributed by atoms with E-state index in [2.05, 4.69) is 20.3 Å². The molecule has 1 N–H and O–H groups in total. The molecular formula is C18H23N5O2.